The average Bonchev–Trinajstić information content (AvgIpc) is 3.67. The van der Waals surface area contributed by atoms with Crippen LogP contribution in [-0.4, -0.2) is 58.9 Å². The van der Waals surface area contributed by atoms with Gasteiger partial charge in [-0.2, -0.15) is 5.10 Å². The van der Waals surface area contributed by atoms with Crippen LogP contribution in [-0.2, 0) is 20.1 Å². The number of anilines is 1. The Kier molecular flexibility index (Phi) is 5.29. The van der Waals surface area contributed by atoms with Crippen LogP contribution >= 0.6 is 0 Å². The van der Waals surface area contributed by atoms with Crippen molar-refractivity contribution in [1.29, 1.82) is 0 Å². The van der Waals surface area contributed by atoms with Gasteiger partial charge in [-0.1, -0.05) is 24.3 Å². The van der Waals surface area contributed by atoms with Crippen molar-refractivity contribution in [3.63, 3.8) is 0 Å². The molecule has 1 saturated heterocycles. The van der Waals surface area contributed by atoms with Gasteiger partial charge in [-0.05, 0) is 35.9 Å². The summed E-state index contributed by atoms with van der Waals surface area (Å²) in [6, 6.07) is 12.5. The molecule has 0 spiro atoms. The number of nitrogens with zero attached hydrogens (tertiary/aromatic N) is 7. The molecule has 2 N–H and O–H groups in total. The fourth-order valence-corrected chi connectivity index (χ4v) is 5.80. The summed E-state index contributed by atoms with van der Waals surface area (Å²) < 4.78 is 8.26. The Balaban J connectivity index is 1.14. The molecular weight excluding hydrogens is 468 g/mol. The van der Waals surface area contributed by atoms with Crippen molar-refractivity contribution in [3.05, 3.63) is 72.1 Å². The van der Waals surface area contributed by atoms with Crippen LogP contribution in [0.5, 0.6) is 5.75 Å². The number of fused-ring (bicyclic) bond motifs is 1. The fourth-order valence-electron chi connectivity index (χ4n) is 5.80. The number of hydrogen-bond donors (Lipinski definition) is 2. The van der Waals surface area contributed by atoms with Crippen LogP contribution in [0.3, 0.4) is 0 Å². The van der Waals surface area contributed by atoms with Gasteiger partial charge < -0.3 is 19.7 Å². The maximum absolute atomic E-state index is 11.2. The number of benzene rings is 2. The lowest BCUT2D eigenvalue weighted by molar-refractivity contribution is -0.0139. The third-order valence-corrected chi connectivity index (χ3v) is 7.53. The topological polar surface area (TPSA) is 108 Å². The molecule has 1 fully saturated rings. The molecule has 3 aromatic heterocycles. The molecule has 2 aromatic carbocycles. The van der Waals surface area contributed by atoms with E-state index in [2.05, 4.69) is 48.1 Å². The molecule has 0 radical (unpaired) electrons. The molecule has 2 atom stereocenters. The van der Waals surface area contributed by atoms with Gasteiger partial charge in [0.25, 0.3) is 0 Å². The van der Waals surface area contributed by atoms with Gasteiger partial charge >= 0.3 is 0 Å². The molecule has 10 heteroatoms. The molecule has 5 heterocycles. The van der Waals surface area contributed by atoms with E-state index in [1.54, 1.807) is 17.3 Å². The summed E-state index contributed by atoms with van der Waals surface area (Å²) in [5.74, 6) is 1.72. The zero-order chi connectivity index (χ0) is 24.9. The first-order chi connectivity index (χ1) is 18.2. The van der Waals surface area contributed by atoms with E-state index in [9.17, 15) is 5.11 Å². The lowest BCUT2D eigenvalue weighted by atomic mass is 9.93. The zero-order valence-corrected chi connectivity index (χ0v) is 20.6. The third-order valence-electron chi connectivity index (χ3n) is 7.53. The van der Waals surface area contributed by atoms with Crippen molar-refractivity contribution >= 4 is 27.8 Å². The number of rotatable bonds is 6. The number of nitrogens with one attached hydrogen (secondary N) is 1. The Morgan fingerprint density at radius 1 is 1.14 bits per heavy atom. The van der Waals surface area contributed by atoms with Gasteiger partial charge in [0.05, 0.1) is 18.1 Å². The highest BCUT2D eigenvalue weighted by molar-refractivity contribution is 5.94. The van der Waals surface area contributed by atoms with E-state index in [0.29, 0.717) is 25.3 Å². The summed E-state index contributed by atoms with van der Waals surface area (Å²) in [6.45, 7) is 2.70. The van der Waals surface area contributed by atoms with Crippen molar-refractivity contribution in [3.8, 4) is 5.75 Å². The molecule has 188 valence electrons. The predicted molar refractivity (Wildman–Crippen MR) is 139 cm³/mol. The summed E-state index contributed by atoms with van der Waals surface area (Å²) in [6.07, 6.45) is 6.57. The Labute approximate surface area is 213 Å². The summed E-state index contributed by atoms with van der Waals surface area (Å²) in [7, 11) is 1.91. The Morgan fingerprint density at radius 3 is 2.97 bits per heavy atom. The van der Waals surface area contributed by atoms with Crippen LogP contribution < -0.4 is 9.64 Å². The van der Waals surface area contributed by atoms with Crippen LogP contribution in [0.1, 0.15) is 35.9 Å². The number of ether oxygens (including phenoxy) is 1. The maximum Gasteiger partial charge on any atom is 0.182 e. The van der Waals surface area contributed by atoms with E-state index < -0.39 is 6.23 Å². The van der Waals surface area contributed by atoms with Crippen molar-refractivity contribution in [2.75, 3.05) is 18.1 Å². The minimum absolute atomic E-state index is 0.201. The molecule has 37 heavy (non-hydrogen) atoms. The lowest BCUT2D eigenvalue weighted by Crippen LogP contribution is -2.35. The number of aryl methyl sites for hydroxylation is 1. The highest BCUT2D eigenvalue weighted by atomic mass is 16.5. The summed E-state index contributed by atoms with van der Waals surface area (Å²) in [4.78, 5) is 20.6. The van der Waals surface area contributed by atoms with Crippen molar-refractivity contribution in [2.24, 2.45) is 7.05 Å². The van der Waals surface area contributed by atoms with E-state index in [1.165, 1.54) is 5.56 Å². The smallest absolute Gasteiger partial charge is 0.182 e. The van der Waals surface area contributed by atoms with Gasteiger partial charge in [0.15, 0.2) is 11.5 Å². The van der Waals surface area contributed by atoms with Gasteiger partial charge in [-0.15, -0.1) is 0 Å². The molecule has 10 nitrogen and oxygen atoms in total. The number of aliphatic hydroxyl groups excluding tert-OH is 1. The second-order valence-electron chi connectivity index (χ2n) is 9.85. The molecule has 0 bridgehead atoms. The fraction of sp³-hybridized carbons (Fsp3) is 0.333. The molecule has 5 aromatic rings. The number of hydrogen-bond acceptors (Lipinski definition) is 8. The number of imidazole rings is 1. The van der Waals surface area contributed by atoms with Crippen molar-refractivity contribution < 1.29 is 9.84 Å². The molecule has 2 aliphatic heterocycles. The number of H-pyrrole nitrogens is 1. The number of aliphatic hydroxyl groups is 1. The molecule has 0 amide bonds. The Morgan fingerprint density at radius 2 is 2.08 bits per heavy atom. The Bertz CT molecular complexity index is 1590. The molecule has 0 aliphatic carbocycles. The molecule has 2 aliphatic rings. The summed E-state index contributed by atoms with van der Waals surface area (Å²) in [5, 5.41) is 17.9. The van der Waals surface area contributed by atoms with E-state index >= 15 is 0 Å². The van der Waals surface area contributed by atoms with Crippen molar-refractivity contribution in [2.45, 2.75) is 38.2 Å². The SMILES string of the molecule is Cn1ccc(CN2Cc3ccc(OC[C@H]4CCCN4c4ncnc5nc[nH]c45)c4cccc(c34)C2O)n1. The maximum atomic E-state index is 11.2. The van der Waals surface area contributed by atoms with Crippen LogP contribution in [0.15, 0.2) is 55.2 Å². The van der Waals surface area contributed by atoms with Gasteiger partial charge in [-0.25, -0.2) is 15.0 Å². The zero-order valence-electron chi connectivity index (χ0n) is 20.6. The highest BCUT2D eigenvalue weighted by Gasteiger charge is 2.30. The highest BCUT2D eigenvalue weighted by Crippen LogP contribution is 2.40. The second-order valence-corrected chi connectivity index (χ2v) is 9.85. The minimum Gasteiger partial charge on any atom is -0.491 e. The Hall–Kier alpha value is -4.02. The van der Waals surface area contributed by atoms with Crippen molar-refractivity contribution in [1.82, 2.24) is 34.6 Å². The monoisotopic (exact) mass is 496 g/mol. The minimum atomic E-state index is -0.701. The molecule has 1 unspecified atom stereocenters. The standard InChI is InChI=1S/C27H28N8O2/c1-33-11-9-18(32-33)13-34-12-17-7-8-22(20-5-2-6-21(23(17)20)27(34)36)37-14-19-4-3-10-35(19)26-24-25(29-15-28-24)30-16-31-26/h2,5-9,11,15-16,19,27,36H,3-4,10,12-14H2,1H3,(H,28,29,30,31)/t19-,27?/m1/s1. The van der Waals surface area contributed by atoms with Crippen LogP contribution in [0.2, 0.25) is 0 Å². The molecule has 0 saturated carbocycles. The van der Waals surface area contributed by atoms with E-state index in [1.807, 2.05) is 36.3 Å². The third kappa shape index (κ3) is 3.80. The van der Waals surface area contributed by atoms with E-state index in [0.717, 1.165) is 58.5 Å². The lowest BCUT2D eigenvalue weighted by Gasteiger charge is -2.34. The largest absolute Gasteiger partial charge is 0.491 e. The van der Waals surface area contributed by atoms with Gasteiger partial charge in [0.1, 0.15) is 30.4 Å². The first-order valence-corrected chi connectivity index (χ1v) is 12.6. The second kappa shape index (κ2) is 8.82. The van der Waals surface area contributed by atoms with E-state index in [4.69, 9.17) is 4.74 Å². The quantitative estimate of drug-likeness (QED) is 0.369. The summed E-state index contributed by atoms with van der Waals surface area (Å²) in [5.41, 5.74) is 4.57. The average molecular weight is 497 g/mol. The normalized spacial score (nSPS) is 19.8. The van der Waals surface area contributed by atoms with Gasteiger partial charge in [0, 0.05) is 43.8 Å². The number of aromatic nitrogens is 6. The number of aromatic amines is 1. The van der Waals surface area contributed by atoms with Crippen LogP contribution in [0, 0.1) is 0 Å². The summed E-state index contributed by atoms with van der Waals surface area (Å²) >= 11 is 0. The molecule has 7 rings (SSSR count). The van der Waals surface area contributed by atoms with E-state index in [-0.39, 0.29) is 6.04 Å². The first-order valence-electron chi connectivity index (χ1n) is 12.6. The predicted octanol–water partition coefficient (Wildman–Crippen LogP) is 3.29. The van der Waals surface area contributed by atoms with Crippen LogP contribution in [0.4, 0.5) is 5.82 Å². The van der Waals surface area contributed by atoms with Gasteiger partial charge in [0.2, 0.25) is 0 Å². The van der Waals surface area contributed by atoms with Gasteiger partial charge in [-0.3, -0.25) is 9.58 Å². The molecular formula is C27H28N8O2. The first kappa shape index (κ1) is 22.2. The van der Waals surface area contributed by atoms with Crippen LogP contribution in [0.25, 0.3) is 21.9 Å².